The molecule has 0 atom stereocenters. The van der Waals surface area contributed by atoms with E-state index in [1.807, 2.05) is 30.3 Å². The molecule has 3 amide bonds. The Labute approximate surface area is 153 Å². The van der Waals surface area contributed by atoms with E-state index in [0.717, 1.165) is 5.56 Å². The maximum Gasteiger partial charge on any atom is 0.226 e. The predicted octanol–water partition coefficient (Wildman–Crippen LogP) is 3.02. The molecule has 2 aromatic carbocycles. The quantitative estimate of drug-likeness (QED) is 0.803. The Morgan fingerprint density at radius 2 is 1.54 bits per heavy atom. The van der Waals surface area contributed by atoms with Crippen molar-refractivity contribution in [2.45, 2.75) is 26.8 Å². The fourth-order valence-corrected chi connectivity index (χ4v) is 2.49. The van der Waals surface area contributed by atoms with Crippen LogP contribution in [-0.2, 0) is 20.9 Å². The monoisotopic (exact) mass is 353 g/mol. The van der Waals surface area contributed by atoms with Crippen molar-refractivity contribution in [3.8, 4) is 0 Å². The first kappa shape index (κ1) is 19.2. The van der Waals surface area contributed by atoms with Gasteiger partial charge in [0.05, 0.1) is 0 Å². The summed E-state index contributed by atoms with van der Waals surface area (Å²) in [5, 5.41) is 5.45. The molecule has 0 saturated carbocycles. The van der Waals surface area contributed by atoms with Crippen LogP contribution in [0.2, 0.25) is 0 Å². The van der Waals surface area contributed by atoms with Gasteiger partial charge >= 0.3 is 0 Å². The highest BCUT2D eigenvalue weighted by Gasteiger charge is 2.12. The molecular formula is C20H23N3O3. The first-order valence-electron chi connectivity index (χ1n) is 8.41. The largest absolute Gasteiger partial charge is 0.338 e. The minimum Gasteiger partial charge on any atom is -0.338 e. The van der Waals surface area contributed by atoms with Crippen LogP contribution in [0, 0.1) is 0 Å². The molecule has 0 saturated heterocycles. The third-order valence-corrected chi connectivity index (χ3v) is 3.74. The third-order valence-electron chi connectivity index (χ3n) is 3.74. The van der Waals surface area contributed by atoms with Gasteiger partial charge < -0.3 is 15.5 Å². The summed E-state index contributed by atoms with van der Waals surface area (Å²) in [5.74, 6) is -0.440. The fourth-order valence-electron chi connectivity index (χ4n) is 2.49. The van der Waals surface area contributed by atoms with E-state index < -0.39 is 0 Å². The second kappa shape index (κ2) is 9.36. The summed E-state index contributed by atoms with van der Waals surface area (Å²) in [4.78, 5) is 36.8. The van der Waals surface area contributed by atoms with Gasteiger partial charge in [0.2, 0.25) is 17.7 Å². The number of hydrogen-bond donors (Lipinski definition) is 2. The Morgan fingerprint density at radius 1 is 0.885 bits per heavy atom. The Hall–Kier alpha value is -3.15. The molecule has 2 aromatic rings. The molecule has 0 radical (unpaired) electrons. The van der Waals surface area contributed by atoms with Crippen molar-refractivity contribution in [3.05, 3.63) is 60.2 Å². The van der Waals surface area contributed by atoms with Gasteiger partial charge in [-0.2, -0.15) is 0 Å². The lowest BCUT2D eigenvalue weighted by atomic mass is 10.2. The number of anilines is 2. The van der Waals surface area contributed by atoms with Crippen molar-refractivity contribution in [2.24, 2.45) is 0 Å². The molecular weight excluding hydrogens is 330 g/mol. The van der Waals surface area contributed by atoms with E-state index in [1.54, 1.807) is 29.2 Å². The zero-order valence-corrected chi connectivity index (χ0v) is 15.0. The molecule has 0 aliphatic heterocycles. The Kier molecular flexibility index (Phi) is 6.91. The summed E-state index contributed by atoms with van der Waals surface area (Å²) >= 11 is 0. The zero-order valence-electron chi connectivity index (χ0n) is 15.0. The summed E-state index contributed by atoms with van der Waals surface area (Å²) in [5.41, 5.74) is 2.23. The number of rotatable bonds is 7. The molecule has 0 spiro atoms. The smallest absolute Gasteiger partial charge is 0.226 e. The third kappa shape index (κ3) is 6.39. The van der Waals surface area contributed by atoms with E-state index in [-0.39, 0.29) is 24.1 Å². The molecule has 0 aliphatic rings. The molecule has 136 valence electrons. The van der Waals surface area contributed by atoms with Crippen molar-refractivity contribution in [2.75, 3.05) is 17.2 Å². The second-order valence-corrected chi connectivity index (χ2v) is 5.99. The number of benzene rings is 2. The molecule has 0 aliphatic carbocycles. The SMILES string of the molecule is CC(=O)Nc1cccc(NC(=O)CCN(Cc2ccccc2)C(C)=O)c1. The van der Waals surface area contributed by atoms with Crippen molar-refractivity contribution in [3.63, 3.8) is 0 Å². The minimum absolute atomic E-state index is 0.0747. The van der Waals surface area contributed by atoms with Crippen molar-refractivity contribution in [1.29, 1.82) is 0 Å². The normalized spacial score (nSPS) is 10.1. The first-order chi connectivity index (χ1) is 12.4. The van der Waals surface area contributed by atoms with Crippen LogP contribution in [0.4, 0.5) is 11.4 Å². The molecule has 0 unspecified atom stereocenters. The Morgan fingerprint density at radius 3 is 2.15 bits per heavy atom. The summed E-state index contributed by atoms with van der Waals surface area (Å²) in [7, 11) is 0. The van der Waals surface area contributed by atoms with E-state index in [1.165, 1.54) is 13.8 Å². The van der Waals surface area contributed by atoms with Gasteiger partial charge in [0.1, 0.15) is 0 Å². The molecule has 2 N–H and O–H groups in total. The summed E-state index contributed by atoms with van der Waals surface area (Å²) < 4.78 is 0. The van der Waals surface area contributed by atoms with Gasteiger partial charge in [-0.3, -0.25) is 14.4 Å². The molecule has 2 rings (SSSR count). The molecule has 0 aromatic heterocycles. The van der Waals surface area contributed by atoms with Crippen molar-refractivity contribution < 1.29 is 14.4 Å². The number of hydrogen-bond acceptors (Lipinski definition) is 3. The van der Waals surface area contributed by atoms with Crippen molar-refractivity contribution >= 4 is 29.1 Å². The molecule has 0 fully saturated rings. The van der Waals surface area contributed by atoms with Crippen LogP contribution >= 0.6 is 0 Å². The highest BCUT2D eigenvalue weighted by molar-refractivity contribution is 5.93. The maximum atomic E-state index is 12.2. The topological polar surface area (TPSA) is 78.5 Å². The Balaban J connectivity index is 1.90. The molecule has 26 heavy (non-hydrogen) atoms. The average molecular weight is 353 g/mol. The lowest BCUT2D eigenvalue weighted by Gasteiger charge is -2.21. The molecule has 6 nitrogen and oxygen atoms in total. The molecule has 0 bridgehead atoms. The van der Waals surface area contributed by atoms with Crippen LogP contribution in [0.15, 0.2) is 54.6 Å². The standard InChI is InChI=1S/C20H23N3O3/c1-15(24)21-18-9-6-10-19(13-18)22-20(26)11-12-23(16(2)25)14-17-7-4-3-5-8-17/h3-10,13H,11-12,14H2,1-2H3,(H,21,24)(H,22,26). The number of amides is 3. The second-order valence-electron chi connectivity index (χ2n) is 5.99. The van der Waals surface area contributed by atoms with Crippen LogP contribution in [0.25, 0.3) is 0 Å². The van der Waals surface area contributed by atoms with Crippen LogP contribution in [-0.4, -0.2) is 29.2 Å². The first-order valence-corrected chi connectivity index (χ1v) is 8.41. The molecule has 6 heteroatoms. The van der Waals surface area contributed by atoms with Crippen LogP contribution < -0.4 is 10.6 Å². The number of carbonyl (C=O) groups excluding carboxylic acids is 3. The van der Waals surface area contributed by atoms with E-state index in [0.29, 0.717) is 24.5 Å². The minimum atomic E-state index is -0.190. The van der Waals surface area contributed by atoms with Gasteiger partial charge in [-0.25, -0.2) is 0 Å². The number of nitrogens with one attached hydrogen (secondary N) is 2. The van der Waals surface area contributed by atoms with E-state index >= 15 is 0 Å². The van der Waals surface area contributed by atoms with Gasteiger partial charge in [-0.05, 0) is 23.8 Å². The lowest BCUT2D eigenvalue weighted by Crippen LogP contribution is -2.31. The van der Waals surface area contributed by atoms with Crippen LogP contribution in [0.5, 0.6) is 0 Å². The summed E-state index contributed by atoms with van der Waals surface area (Å²) in [6, 6.07) is 16.6. The van der Waals surface area contributed by atoms with Gasteiger partial charge in [0, 0.05) is 44.7 Å². The zero-order chi connectivity index (χ0) is 18.9. The molecule has 0 heterocycles. The number of nitrogens with zero attached hydrogens (tertiary/aromatic N) is 1. The van der Waals surface area contributed by atoms with Crippen LogP contribution in [0.3, 0.4) is 0 Å². The number of carbonyl (C=O) groups is 3. The van der Waals surface area contributed by atoms with E-state index in [2.05, 4.69) is 10.6 Å². The average Bonchev–Trinajstić information content (AvgIpc) is 2.59. The maximum absolute atomic E-state index is 12.2. The van der Waals surface area contributed by atoms with Crippen LogP contribution in [0.1, 0.15) is 25.8 Å². The fraction of sp³-hybridized carbons (Fsp3) is 0.250. The van der Waals surface area contributed by atoms with E-state index in [4.69, 9.17) is 0 Å². The summed E-state index contributed by atoms with van der Waals surface area (Å²) in [6.45, 7) is 3.73. The predicted molar refractivity (Wildman–Crippen MR) is 102 cm³/mol. The Bertz CT molecular complexity index is 775. The lowest BCUT2D eigenvalue weighted by molar-refractivity contribution is -0.130. The van der Waals surface area contributed by atoms with Gasteiger partial charge in [0.15, 0.2) is 0 Å². The van der Waals surface area contributed by atoms with Gasteiger partial charge in [0.25, 0.3) is 0 Å². The van der Waals surface area contributed by atoms with Crippen molar-refractivity contribution in [1.82, 2.24) is 4.90 Å². The van der Waals surface area contributed by atoms with Gasteiger partial charge in [-0.15, -0.1) is 0 Å². The highest BCUT2D eigenvalue weighted by atomic mass is 16.2. The van der Waals surface area contributed by atoms with Gasteiger partial charge in [-0.1, -0.05) is 36.4 Å². The highest BCUT2D eigenvalue weighted by Crippen LogP contribution is 2.15. The van der Waals surface area contributed by atoms with E-state index in [9.17, 15) is 14.4 Å². The summed E-state index contributed by atoms with van der Waals surface area (Å²) in [6.07, 6.45) is 0.191.